The van der Waals surface area contributed by atoms with E-state index in [0.717, 1.165) is 11.3 Å². The van der Waals surface area contributed by atoms with Crippen LogP contribution in [0.25, 0.3) is 0 Å². The number of fused-ring (bicyclic) bond motifs is 1. The van der Waals surface area contributed by atoms with Crippen molar-refractivity contribution in [1.82, 2.24) is 15.5 Å². The number of anilines is 1. The van der Waals surface area contributed by atoms with E-state index in [4.69, 9.17) is 9.26 Å². The van der Waals surface area contributed by atoms with E-state index in [1.165, 1.54) is 0 Å². The topological polar surface area (TPSA) is 127 Å². The van der Waals surface area contributed by atoms with Crippen molar-refractivity contribution in [3.8, 4) is 5.75 Å². The minimum atomic E-state index is -0.842. The Balaban J connectivity index is 1.30. The van der Waals surface area contributed by atoms with Crippen LogP contribution in [-0.4, -0.2) is 33.6 Å². The number of benzene rings is 2. The monoisotopic (exact) mass is 408 g/mol. The fourth-order valence-corrected chi connectivity index (χ4v) is 3.05. The molecule has 154 valence electrons. The molecule has 0 bridgehead atoms. The zero-order valence-corrected chi connectivity index (χ0v) is 16.0. The van der Waals surface area contributed by atoms with Gasteiger partial charge in [0, 0.05) is 24.7 Å². The quantitative estimate of drug-likeness (QED) is 0.546. The van der Waals surface area contributed by atoms with E-state index < -0.39 is 12.0 Å². The maximum atomic E-state index is 12.2. The number of hydrogen-bond donors (Lipinski definition) is 3. The number of rotatable bonds is 7. The van der Waals surface area contributed by atoms with Gasteiger partial charge in [-0.15, -0.1) is 0 Å². The number of carbonyl (C=O) groups excluding carboxylic acids is 2. The number of aryl methyl sites for hydroxylation is 1. The van der Waals surface area contributed by atoms with Gasteiger partial charge >= 0.3 is 11.8 Å². The molecule has 0 fully saturated rings. The number of ether oxygens (including phenoxy) is 1. The fourth-order valence-electron chi connectivity index (χ4n) is 3.05. The first-order chi connectivity index (χ1) is 14.6. The second-order valence-electron chi connectivity index (χ2n) is 6.81. The molecule has 3 aromatic rings. The van der Waals surface area contributed by atoms with Gasteiger partial charge < -0.3 is 25.0 Å². The first-order valence-corrected chi connectivity index (χ1v) is 9.48. The first kappa shape index (κ1) is 19.6. The van der Waals surface area contributed by atoms with Gasteiger partial charge in [-0.2, -0.15) is 4.98 Å². The standard InChI is InChI=1S/C21H20N4O5/c26-17(14-4-2-1-3-5-14)11-22-20(28)21-24-18(25-30-21)12-29-15-8-6-13-7-9-19(27)23-16(13)10-15/h1-6,8,10,17,26H,7,9,11-12H2,(H,22,28)(H,23,27)/t17-/m0/s1. The van der Waals surface area contributed by atoms with Gasteiger partial charge in [0.05, 0.1) is 6.10 Å². The fraction of sp³-hybridized carbons (Fsp3) is 0.238. The molecule has 3 N–H and O–H groups in total. The van der Waals surface area contributed by atoms with Crippen molar-refractivity contribution >= 4 is 17.5 Å². The lowest BCUT2D eigenvalue weighted by Gasteiger charge is -2.17. The van der Waals surface area contributed by atoms with Crippen molar-refractivity contribution in [2.45, 2.75) is 25.6 Å². The Morgan fingerprint density at radius 1 is 1.23 bits per heavy atom. The number of nitrogens with one attached hydrogen (secondary N) is 2. The predicted octanol–water partition coefficient (Wildman–Crippen LogP) is 2.00. The Morgan fingerprint density at radius 3 is 2.90 bits per heavy atom. The number of aromatic nitrogens is 2. The van der Waals surface area contributed by atoms with E-state index in [-0.39, 0.29) is 30.8 Å². The van der Waals surface area contributed by atoms with E-state index in [2.05, 4.69) is 20.8 Å². The molecular weight excluding hydrogens is 388 g/mol. The molecule has 9 heteroatoms. The molecule has 0 radical (unpaired) electrons. The largest absolute Gasteiger partial charge is 0.485 e. The summed E-state index contributed by atoms with van der Waals surface area (Å²) in [5.41, 5.74) is 2.48. The molecule has 30 heavy (non-hydrogen) atoms. The zero-order valence-electron chi connectivity index (χ0n) is 16.0. The second kappa shape index (κ2) is 8.75. The summed E-state index contributed by atoms with van der Waals surface area (Å²) in [6.45, 7) is 0.00800. The first-order valence-electron chi connectivity index (χ1n) is 9.48. The van der Waals surface area contributed by atoms with Crippen molar-refractivity contribution in [3.05, 3.63) is 71.4 Å². The highest BCUT2D eigenvalue weighted by atomic mass is 16.5. The van der Waals surface area contributed by atoms with Crippen LogP contribution in [0.3, 0.4) is 0 Å². The molecule has 2 amide bonds. The average molecular weight is 408 g/mol. The summed E-state index contributed by atoms with van der Waals surface area (Å²) in [4.78, 5) is 27.7. The van der Waals surface area contributed by atoms with Crippen LogP contribution in [0.4, 0.5) is 5.69 Å². The van der Waals surface area contributed by atoms with Gasteiger partial charge in [-0.1, -0.05) is 41.6 Å². The Hall–Kier alpha value is -3.72. The third-order valence-corrected chi connectivity index (χ3v) is 4.65. The molecular formula is C21H20N4O5. The van der Waals surface area contributed by atoms with Crippen LogP contribution in [0.5, 0.6) is 5.75 Å². The van der Waals surface area contributed by atoms with E-state index in [9.17, 15) is 14.7 Å². The molecule has 4 rings (SSSR count). The Kier molecular flexibility index (Phi) is 5.71. The lowest BCUT2D eigenvalue weighted by Crippen LogP contribution is -2.28. The Labute approximate surface area is 172 Å². The highest BCUT2D eigenvalue weighted by molar-refractivity contribution is 5.94. The highest BCUT2D eigenvalue weighted by Gasteiger charge is 2.18. The number of amides is 2. The van der Waals surface area contributed by atoms with Gasteiger partial charge in [-0.05, 0) is 23.6 Å². The van der Waals surface area contributed by atoms with Crippen LogP contribution in [0.15, 0.2) is 53.1 Å². The minimum Gasteiger partial charge on any atom is -0.485 e. The summed E-state index contributed by atoms with van der Waals surface area (Å²) in [5.74, 6) is -0.0825. The summed E-state index contributed by atoms with van der Waals surface area (Å²) in [6.07, 6.45) is 0.331. The van der Waals surface area contributed by atoms with E-state index in [1.807, 2.05) is 12.1 Å². The van der Waals surface area contributed by atoms with Crippen LogP contribution in [0, 0.1) is 0 Å². The minimum absolute atomic E-state index is 0.00382. The predicted molar refractivity (Wildman–Crippen MR) is 106 cm³/mol. The Morgan fingerprint density at radius 2 is 2.07 bits per heavy atom. The summed E-state index contributed by atoms with van der Waals surface area (Å²) < 4.78 is 10.6. The molecule has 0 aliphatic carbocycles. The zero-order chi connectivity index (χ0) is 20.9. The highest BCUT2D eigenvalue weighted by Crippen LogP contribution is 2.27. The number of hydrogen-bond acceptors (Lipinski definition) is 7. The molecule has 1 aliphatic rings. The van der Waals surface area contributed by atoms with Crippen LogP contribution in [0.1, 0.15) is 40.2 Å². The summed E-state index contributed by atoms with van der Waals surface area (Å²) in [5, 5.41) is 19.2. The third-order valence-electron chi connectivity index (χ3n) is 4.65. The molecule has 1 atom stereocenters. The third kappa shape index (κ3) is 4.64. The smallest absolute Gasteiger partial charge is 0.316 e. The van der Waals surface area contributed by atoms with Crippen LogP contribution in [0.2, 0.25) is 0 Å². The normalized spacial score (nSPS) is 13.8. The SMILES string of the molecule is O=C1CCc2ccc(OCc3noc(C(=O)NC[C@H](O)c4ccccc4)n3)cc2N1. The maximum absolute atomic E-state index is 12.2. The summed E-state index contributed by atoms with van der Waals surface area (Å²) in [7, 11) is 0. The molecule has 1 aromatic heterocycles. The average Bonchev–Trinajstić information content (AvgIpc) is 3.25. The van der Waals surface area contributed by atoms with Gasteiger partial charge in [0.15, 0.2) is 6.61 Å². The molecule has 1 aliphatic heterocycles. The maximum Gasteiger partial charge on any atom is 0.316 e. The van der Waals surface area contributed by atoms with E-state index in [1.54, 1.807) is 36.4 Å². The van der Waals surface area contributed by atoms with Crippen molar-refractivity contribution in [2.24, 2.45) is 0 Å². The van der Waals surface area contributed by atoms with Crippen LogP contribution >= 0.6 is 0 Å². The number of carbonyl (C=O) groups is 2. The number of aliphatic hydroxyl groups excluding tert-OH is 1. The molecule has 0 saturated heterocycles. The molecule has 9 nitrogen and oxygen atoms in total. The van der Waals surface area contributed by atoms with Gasteiger partial charge in [-0.3, -0.25) is 9.59 Å². The van der Waals surface area contributed by atoms with Crippen molar-refractivity contribution < 1.29 is 24.0 Å². The molecule has 0 spiro atoms. The molecule has 2 heterocycles. The van der Waals surface area contributed by atoms with Crippen LogP contribution in [-0.2, 0) is 17.8 Å². The summed E-state index contributed by atoms with van der Waals surface area (Å²) in [6, 6.07) is 14.4. The Bertz CT molecular complexity index is 1050. The summed E-state index contributed by atoms with van der Waals surface area (Å²) >= 11 is 0. The van der Waals surface area contributed by atoms with Gasteiger partial charge in [0.1, 0.15) is 5.75 Å². The second-order valence-corrected chi connectivity index (χ2v) is 6.81. The molecule has 0 unspecified atom stereocenters. The lowest BCUT2D eigenvalue weighted by atomic mass is 10.0. The van der Waals surface area contributed by atoms with Gasteiger partial charge in [-0.25, -0.2) is 0 Å². The number of aliphatic hydroxyl groups is 1. The lowest BCUT2D eigenvalue weighted by molar-refractivity contribution is -0.116. The van der Waals surface area contributed by atoms with Crippen LogP contribution < -0.4 is 15.4 Å². The van der Waals surface area contributed by atoms with E-state index >= 15 is 0 Å². The van der Waals surface area contributed by atoms with Gasteiger partial charge in [0.2, 0.25) is 11.7 Å². The number of nitrogens with zero attached hydrogens (tertiary/aromatic N) is 2. The van der Waals surface area contributed by atoms with Gasteiger partial charge in [0.25, 0.3) is 0 Å². The van der Waals surface area contributed by atoms with Crippen molar-refractivity contribution in [3.63, 3.8) is 0 Å². The van der Waals surface area contributed by atoms with Crippen molar-refractivity contribution in [2.75, 3.05) is 11.9 Å². The molecule has 0 saturated carbocycles. The van der Waals surface area contributed by atoms with Crippen molar-refractivity contribution in [1.29, 1.82) is 0 Å². The van der Waals surface area contributed by atoms with E-state index in [0.29, 0.717) is 24.2 Å². The molecule has 2 aromatic carbocycles.